The number of alkyl halides is 6. The second kappa shape index (κ2) is 8.79. The second-order valence-corrected chi connectivity index (χ2v) is 11.8. The number of fused-ring (bicyclic) bond motifs is 1. The van der Waals surface area contributed by atoms with Gasteiger partial charge in [0.25, 0.3) is 0 Å². The highest BCUT2D eigenvalue weighted by Crippen LogP contribution is 2.65. The number of aryl methyl sites for hydroxylation is 2. The van der Waals surface area contributed by atoms with Gasteiger partial charge in [0.2, 0.25) is 0 Å². The third-order valence-electron chi connectivity index (χ3n) is 6.84. The zero-order valence-electron chi connectivity index (χ0n) is 20.5. The largest absolute Gasteiger partial charge is 0.380 e. The molecule has 1 nitrogen and oxygen atoms in total. The molecule has 0 unspecified atom stereocenters. The van der Waals surface area contributed by atoms with Crippen LogP contribution >= 0.6 is 22.7 Å². The van der Waals surface area contributed by atoms with Gasteiger partial charge in [0.15, 0.2) is 0 Å². The second-order valence-electron chi connectivity index (χ2n) is 9.50. The summed E-state index contributed by atoms with van der Waals surface area (Å²) in [5.41, 5.74) is -0.0356. The smallest absolute Gasteiger partial charge is 0.236 e. The summed E-state index contributed by atoms with van der Waals surface area (Å²) in [6.45, 7) is 3.36. The predicted molar refractivity (Wildman–Crippen MR) is 146 cm³/mol. The molecule has 2 heterocycles. The first-order valence-corrected chi connectivity index (χ1v) is 13.6. The van der Waals surface area contributed by atoms with Gasteiger partial charge in [-0.1, -0.05) is 72.3 Å². The van der Waals surface area contributed by atoms with Gasteiger partial charge >= 0.3 is 17.8 Å². The van der Waals surface area contributed by atoms with Crippen molar-refractivity contribution in [2.45, 2.75) is 31.6 Å². The summed E-state index contributed by atoms with van der Waals surface area (Å²) in [4.78, 5) is 4.01. The van der Waals surface area contributed by atoms with Crippen LogP contribution in [0, 0.1) is 13.8 Å². The lowest BCUT2D eigenvalue weighted by Gasteiger charge is -2.25. The standard InChI is InChI=1S/C30H19F6NS2/c1-16-7-6-10-19(13-16)20-11-12-21-15-23(39-22(21)14-20)24-25(29(33,34)30(35,36)28(24,31)32)26-17(2)38-27(37-26)18-8-4-3-5-9-18/h3-15H,1-2H3. The number of thiazole rings is 1. The van der Waals surface area contributed by atoms with Gasteiger partial charge in [0, 0.05) is 20.0 Å². The minimum absolute atomic E-state index is 0.150. The van der Waals surface area contributed by atoms with Crippen molar-refractivity contribution >= 4 is 43.9 Å². The van der Waals surface area contributed by atoms with Crippen LogP contribution in [0.4, 0.5) is 26.3 Å². The molecule has 0 saturated heterocycles. The Labute approximate surface area is 228 Å². The first-order chi connectivity index (χ1) is 18.4. The van der Waals surface area contributed by atoms with Gasteiger partial charge in [-0.15, -0.1) is 22.7 Å². The Bertz CT molecular complexity index is 1760. The zero-order chi connectivity index (χ0) is 27.7. The Balaban J connectivity index is 1.57. The van der Waals surface area contributed by atoms with E-state index in [1.54, 1.807) is 48.5 Å². The van der Waals surface area contributed by atoms with Crippen molar-refractivity contribution in [2.24, 2.45) is 0 Å². The fraction of sp³-hybridized carbons (Fsp3) is 0.167. The number of hydrogen-bond donors (Lipinski definition) is 0. The van der Waals surface area contributed by atoms with Gasteiger partial charge in [-0.2, -0.15) is 26.3 Å². The zero-order valence-corrected chi connectivity index (χ0v) is 22.2. The van der Waals surface area contributed by atoms with Crippen LogP contribution in [0.25, 0.3) is 42.9 Å². The summed E-state index contributed by atoms with van der Waals surface area (Å²) in [5, 5.41) is 0.774. The Hall–Kier alpha value is -3.43. The number of allylic oxidation sites excluding steroid dienone is 2. The quantitative estimate of drug-likeness (QED) is 0.196. The van der Waals surface area contributed by atoms with Crippen molar-refractivity contribution in [1.29, 1.82) is 0 Å². The van der Waals surface area contributed by atoms with Gasteiger partial charge in [0.05, 0.1) is 16.8 Å². The van der Waals surface area contributed by atoms with Gasteiger partial charge < -0.3 is 0 Å². The van der Waals surface area contributed by atoms with Crippen molar-refractivity contribution in [3.8, 4) is 21.7 Å². The van der Waals surface area contributed by atoms with Crippen LogP contribution in [0.2, 0.25) is 0 Å². The van der Waals surface area contributed by atoms with Gasteiger partial charge in [-0.3, -0.25) is 0 Å². The number of aromatic nitrogens is 1. The molecule has 0 saturated carbocycles. The molecular weight excluding hydrogens is 552 g/mol. The van der Waals surface area contributed by atoms with Crippen LogP contribution in [0.3, 0.4) is 0 Å². The molecule has 0 bridgehead atoms. The molecule has 9 heteroatoms. The van der Waals surface area contributed by atoms with Gasteiger partial charge in [-0.05, 0) is 42.5 Å². The lowest BCUT2D eigenvalue weighted by atomic mass is 10.0. The third kappa shape index (κ3) is 3.85. The van der Waals surface area contributed by atoms with E-state index in [0.717, 1.165) is 39.4 Å². The Kier molecular flexibility index (Phi) is 5.82. The number of benzene rings is 3. The maximum Gasteiger partial charge on any atom is 0.380 e. The van der Waals surface area contributed by atoms with Crippen LogP contribution < -0.4 is 0 Å². The number of thiophene rings is 1. The molecule has 2 aromatic heterocycles. The van der Waals surface area contributed by atoms with E-state index in [1.165, 1.54) is 13.0 Å². The molecule has 5 aromatic rings. The van der Waals surface area contributed by atoms with E-state index >= 15 is 17.6 Å². The van der Waals surface area contributed by atoms with E-state index in [0.29, 0.717) is 15.6 Å². The molecule has 0 fully saturated rings. The normalized spacial score (nSPS) is 17.7. The van der Waals surface area contributed by atoms with Crippen molar-refractivity contribution in [3.63, 3.8) is 0 Å². The molecule has 0 amide bonds. The van der Waals surface area contributed by atoms with E-state index < -0.39 is 34.6 Å². The third-order valence-corrected chi connectivity index (χ3v) is 8.97. The monoisotopic (exact) mass is 571 g/mol. The molecule has 1 aliphatic carbocycles. The molecule has 3 aromatic carbocycles. The fourth-order valence-corrected chi connectivity index (χ4v) is 6.97. The average molecular weight is 572 g/mol. The minimum Gasteiger partial charge on any atom is -0.236 e. The Morgan fingerprint density at radius 3 is 2.03 bits per heavy atom. The number of nitrogens with zero attached hydrogens (tertiary/aromatic N) is 1. The van der Waals surface area contributed by atoms with Gasteiger partial charge in [0.1, 0.15) is 5.01 Å². The van der Waals surface area contributed by atoms with E-state index in [1.807, 2.05) is 31.2 Å². The molecular formula is C30H19F6NS2. The molecule has 0 radical (unpaired) electrons. The van der Waals surface area contributed by atoms with E-state index in [4.69, 9.17) is 0 Å². The SMILES string of the molecule is Cc1cccc(-c2ccc3cc(C4=C(c5nc(-c6ccccc6)sc5C)C(F)(F)C(F)(F)C4(F)F)sc3c2)c1. The van der Waals surface area contributed by atoms with Crippen molar-refractivity contribution < 1.29 is 26.3 Å². The number of halogens is 6. The molecule has 198 valence electrons. The van der Waals surface area contributed by atoms with Crippen molar-refractivity contribution in [3.05, 3.63) is 99.9 Å². The average Bonchev–Trinajstić information content (AvgIpc) is 3.52. The molecule has 39 heavy (non-hydrogen) atoms. The van der Waals surface area contributed by atoms with Crippen molar-refractivity contribution in [2.75, 3.05) is 0 Å². The summed E-state index contributed by atoms with van der Waals surface area (Å²) in [7, 11) is 0. The highest BCUT2D eigenvalue weighted by Gasteiger charge is 2.80. The first-order valence-electron chi connectivity index (χ1n) is 11.9. The van der Waals surface area contributed by atoms with E-state index in [9.17, 15) is 8.78 Å². The van der Waals surface area contributed by atoms with Gasteiger partial charge in [-0.25, -0.2) is 4.98 Å². The summed E-state index contributed by atoms with van der Waals surface area (Å²) in [6, 6.07) is 22.7. The first kappa shape index (κ1) is 25.8. The Morgan fingerprint density at radius 2 is 1.31 bits per heavy atom. The lowest BCUT2D eigenvalue weighted by Crippen LogP contribution is -2.48. The molecule has 0 aliphatic heterocycles. The maximum atomic E-state index is 15.4. The highest BCUT2D eigenvalue weighted by atomic mass is 32.1. The molecule has 6 rings (SSSR count). The van der Waals surface area contributed by atoms with Crippen LogP contribution in [0.15, 0.2) is 78.9 Å². The molecule has 0 spiro atoms. The lowest BCUT2D eigenvalue weighted by molar-refractivity contribution is -0.254. The highest BCUT2D eigenvalue weighted by molar-refractivity contribution is 7.20. The summed E-state index contributed by atoms with van der Waals surface area (Å²) in [6.07, 6.45) is 0. The van der Waals surface area contributed by atoms with Crippen LogP contribution in [0.1, 0.15) is 21.0 Å². The number of rotatable bonds is 4. The fourth-order valence-electron chi connectivity index (χ4n) is 4.86. The van der Waals surface area contributed by atoms with Crippen molar-refractivity contribution in [1.82, 2.24) is 4.98 Å². The minimum atomic E-state index is -5.63. The molecule has 0 atom stereocenters. The topological polar surface area (TPSA) is 12.9 Å². The Morgan fingerprint density at radius 1 is 0.641 bits per heavy atom. The summed E-state index contributed by atoms with van der Waals surface area (Å²) in [5.74, 6) is -15.9. The molecule has 1 aliphatic rings. The molecule has 0 N–H and O–H groups in total. The van der Waals surface area contributed by atoms with Crippen LogP contribution in [0.5, 0.6) is 0 Å². The number of hydrogen-bond acceptors (Lipinski definition) is 3. The van der Waals surface area contributed by atoms with Crippen LogP contribution in [-0.2, 0) is 0 Å². The maximum absolute atomic E-state index is 15.4. The summed E-state index contributed by atoms with van der Waals surface area (Å²) >= 11 is 1.78. The summed E-state index contributed by atoms with van der Waals surface area (Å²) < 4.78 is 91.7. The predicted octanol–water partition coefficient (Wildman–Crippen LogP) is 10.1. The van der Waals surface area contributed by atoms with E-state index in [-0.39, 0.29) is 14.8 Å². The van der Waals surface area contributed by atoms with E-state index in [2.05, 4.69) is 4.98 Å². The van der Waals surface area contributed by atoms with Crippen LogP contribution in [-0.4, -0.2) is 22.8 Å².